The fourth-order valence-corrected chi connectivity index (χ4v) is 2.90. The molecule has 0 saturated carbocycles. The normalized spacial score (nSPS) is 10.6. The molecule has 1 N–H and O–H groups in total. The van der Waals surface area contributed by atoms with E-state index in [0.29, 0.717) is 34.0 Å². The SMILES string of the molecule is COc1ccccc1-c1noc(-c2ccccc2C(=O)Nc2cccc(F)c2)n1. The van der Waals surface area contributed by atoms with Crippen LogP contribution in [0.3, 0.4) is 0 Å². The Bertz CT molecular complexity index is 1170. The Morgan fingerprint density at radius 3 is 2.55 bits per heavy atom. The van der Waals surface area contributed by atoms with Crippen molar-refractivity contribution in [1.82, 2.24) is 10.1 Å². The second kappa shape index (κ2) is 7.93. The number of rotatable bonds is 5. The van der Waals surface area contributed by atoms with Gasteiger partial charge in [0.15, 0.2) is 0 Å². The molecule has 0 aliphatic rings. The molecule has 144 valence electrons. The zero-order valence-corrected chi connectivity index (χ0v) is 15.4. The third kappa shape index (κ3) is 3.84. The lowest BCUT2D eigenvalue weighted by molar-refractivity contribution is 0.102. The lowest BCUT2D eigenvalue weighted by atomic mass is 10.1. The fraction of sp³-hybridized carbons (Fsp3) is 0.0455. The van der Waals surface area contributed by atoms with Crippen molar-refractivity contribution in [2.24, 2.45) is 0 Å². The molecule has 6 nitrogen and oxygen atoms in total. The van der Waals surface area contributed by atoms with Crippen molar-refractivity contribution in [2.45, 2.75) is 0 Å². The van der Waals surface area contributed by atoms with Gasteiger partial charge in [0.05, 0.1) is 23.8 Å². The number of amides is 1. The molecule has 4 rings (SSSR count). The van der Waals surface area contributed by atoms with Crippen LogP contribution < -0.4 is 10.1 Å². The number of carbonyl (C=O) groups is 1. The summed E-state index contributed by atoms with van der Waals surface area (Å²) in [4.78, 5) is 17.2. The number of aromatic nitrogens is 2. The molecule has 0 unspecified atom stereocenters. The minimum Gasteiger partial charge on any atom is -0.496 e. The second-order valence-electron chi connectivity index (χ2n) is 6.13. The smallest absolute Gasteiger partial charge is 0.259 e. The van der Waals surface area contributed by atoms with E-state index in [4.69, 9.17) is 9.26 Å². The predicted molar refractivity (Wildman–Crippen MR) is 106 cm³/mol. The minimum atomic E-state index is -0.436. The van der Waals surface area contributed by atoms with E-state index < -0.39 is 11.7 Å². The zero-order chi connectivity index (χ0) is 20.2. The Balaban J connectivity index is 1.67. The largest absolute Gasteiger partial charge is 0.496 e. The van der Waals surface area contributed by atoms with E-state index in [1.165, 1.54) is 18.2 Å². The van der Waals surface area contributed by atoms with Crippen LogP contribution >= 0.6 is 0 Å². The number of para-hydroxylation sites is 1. The Morgan fingerprint density at radius 2 is 1.76 bits per heavy atom. The molecule has 0 aliphatic carbocycles. The molecule has 1 heterocycles. The van der Waals surface area contributed by atoms with Gasteiger partial charge in [-0.3, -0.25) is 4.79 Å². The molecule has 1 amide bonds. The average Bonchev–Trinajstić information content (AvgIpc) is 3.23. The molecule has 3 aromatic carbocycles. The van der Waals surface area contributed by atoms with Crippen LogP contribution in [0.2, 0.25) is 0 Å². The van der Waals surface area contributed by atoms with Gasteiger partial charge in [-0.1, -0.05) is 35.5 Å². The van der Waals surface area contributed by atoms with Crippen LogP contribution in [-0.4, -0.2) is 23.2 Å². The highest BCUT2D eigenvalue weighted by atomic mass is 19.1. The standard InChI is InChI=1S/C22H16FN3O3/c1-28-19-12-5-4-11-18(19)20-25-22(29-26-20)17-10-3-2-9-16(17)21(27)24-15-8-6-7-14(23)13-15/h2-13H,1H3,(H,24,27). The molecule has 0 fully saturated rings. The number of nitrogens with zero attached hydrogens (tertiary/aromatic N) is 2. The first-order valence-electron chi connectivity index (χ1n) is 8.79. The maximum Gasteiger partial charge on any atom is 0.259 e. The minimum absolute atomic E-state index is 0.191. The second-order valence-corrected chi connectivity index (χ2v) is 6.13. The van der Waals surface area contributed by atoms with Gasteiger partial charge in [0, 0.05) is 5.69 Å². The third-order valence-electron chi connectivity index (χ3n) is 4.26. The summed E-state index contributed by atoms with van der Waals surface area (Å²) >= 11 is 0. The molecule has 1 aromatic heterocycles. The number of carbonyl (C=O) groups excluding carboxylic acids is 1. The van der Waals surface area contributed by atoms with E-state index in [2.05, 4.69) is 15.5 Å². The van der Waals surface area contributed by atoms with Crippen LogP contribution in [0.4, 0.5) is 10.1 Å². The summed E-state index contributed by atoms with van der Waals surface area (Å²) in [6.07, 6.45) is 0. The number of anilines is 1. The van der Waals surface area contributed by atoms with Gasteiger partial charge in [-0.15, -0.1) is 0 Å². The van der Waals surface area contributed by atoms with Crippen molar-refractivity contribution in [2.75, 3.05) is 12.4 Å². The van der Waals surface area contributed by atoms with E-state index in [1.54, 1.807) is 43.5 Å². The van der Waals surface area contributed by atoms with Crippen LogP contribution in [0.25, 0.3) is 22.8 Å². The van der Waals surface area contributed by atoms with E-state index in [1.807, 2.05) is 18.2 Å². The average molecular weight is 389 g/mol. The lowest BCUT2D eigenvalue weighted by Gasteiger charge is -2.08. The first kappa shape index (κ1) is 18.4. The summed E-state index contributed by atoms with van der Waals surface area (Å²) in [5.41, 5.74) is 1.82. The predicted octanol–water partition coefficient (Wildman–Crippen LogP) is 4.80. The topological polar surface area (TPSA) is 77.2 Å². The van der Waals surface area contributed by atoms with Gasteiger partial charge in [-0.25, -0.2) is 4.39 Å². The summed E-state index contributed by atoms with van der Waals surface area (Å²) in [7, 11) is 1.56. The molecule has 29 heavy (non-hydrogen) atoms. The van der Waals surface area contributed by atoms with E-state index >= 15 is 0 Å². The highest BCUT2D eigenvalue weighted by Crippen LogP contribution is 2.30. The Kier molecular flexibility index (Phi) is 5.03. The van der Waals surface area contributed by atoms with Crippen LogP contribution in [0.1, 0.15) is 10.4 Å². The van der Waals surface area contributed by atoms with Crippen molar-refractivity contribution < 1.29 is 18.4 Å². The first-order valence-corrected chi connectivity index (χ1v) is 8.79. The van der Waals surface area contributed by atoms with Crippen molar-refractivity contribution in [3.05, 3.63) is 84.2 Å². The van der Waals surface area contributed by atoms with Gasteiger partial charge in [0.2, 0.25) is 5.82 Å². The van der Waals surface area contributed by atoms with Crippen LogP contribution in [0.5, 0.6) is 5.75 Å². The summed E-state index contributed by atoms with van der Waals surface area (Å²) < 4.78 is 24.1. The van der Waals surface area contributed by atoms with Crippen molar-refractivity contribution in [3.8, 4) is 28.6 Å². The van der Waals surface area contributed by atoms with Crippen LogP contribution in [0.15, 0.2) is 77.3 Å². The number of methoxy groups -OCH3 is 1. The number of nitrogens with one attached hydrogen (secondary N) is 1. The van der Waals surface area contributed by atoms with Crippen molar-refractivity contribution in [3.63, 3.8) is 0 Å². The van der Waals surface area contributed by atoms with E-state index in [-0.39, 0.29) is 5.89 Å². The highest BCUT2D eigenvalue weighted by Gasteiger charge is 2.19. The lowest BCUT2D eigenvalue weighted by Crippen LogP contribution is -2.13. The number of ether oxygens (including phenoxy) is 1. The van der Waals surface area contributed by atoms with Gasteiger partial charge >= 0.3 is 0 Å². The molecule has 0 spiro atoms. The van der Waals surface area contributed by atoms with Gasteiger partial charge in [0.1, 0.15) is 11.6 Å². The number of halogens is 1. The monoisotopic (exact) mass is 389 g/mol. The zero-order valence-electron chi connectivity index (χ0n) is 15.4. The summed E-state index contributed by atoms with van der Waals surface area (Å²) in [5, 5.41) is 6.70. The molecule has 0 atom stereocenters. The third-order valence-corrected chi connectivity index (χ3v) is 4.26. The molecule has 0 saturated heterocycles. The summed E-state index contributed by atoms with van der Waals surface area (Å²) in [6.45, 7) is 0. The molecule has 7 heteroatoms. The molecule has 0 aliphatic heterocycles. The maximum absolute atomic E-state index is 13.4. The number of hydrogen-bond donors (Lipinski definition) is 1. The van der Waals surface area contributed by atoms with Crippen molar-refractivity contribution >= 4 is 11.6 Å². The molecule has 0 radical (unpaired) electrons. The van der Waals surface area contributed by atoms with Crippen LogP contribution in [0, 0.1) is 5.82 Å². The van der Waals surface area contributed by atoms with Gasteiger partial charge in [-0.05, 0) is 42.5 Å². The quantitative estimate of drug-likeness (QED) is 0.530. The van der Waals surface area contributed by atoms with Gasteiger partial charge < -0.3 is 14.6 Å². The Labute approximate surface area is 166 Å². The number of hydrogen-bond acceptors (Lipinski definition) is 5. The summed E-state index contributed by atoms with van der Waals surface area (Å²) in [5.74, 6) is 0.295. The number of benzene rings is 3. The van der Waals surface area contributed by atoms with Crippen molar-refractivity contribution in [1.29, 1.82) is 0 Å². The maximum atomic E-state index is 13.4. The molecule has 4 aromatic rings. The Morgan fingerprint density at radius 1 is 1.00 bits per heavy atom. The molecular weight excluding hydrogens is 373 g/mol. The van der Waals surface area contributed by atoms with E-state index in [0.717, 1.165) is 0 Å². The Hall–Kier alpha value is -4.00. The first-order chi connectivity index (χ1) is 14.2. The molecule has 0 bridgehead atoms. The fourth-order valence-electron chi connectivity index (χ4n) is 2.90. The van der Waals surface area contributed by atoms with Gasteiger partial charge in [0.25, 0.3) is 11.8 Å². The van der Waals surface area contributed by atoms with E-state index in [9.17, 15) is 9.18 Å². The van der Waals surface area contributed by atoms with Crippen LogP contribution in [-0.2, 0) is 0 Å². The summed E-state index contributed by atoms with van der Waals surface area (Å²) in [6, 6.07) is 19.8. The highest BCUT2D eigenvalue weighted by molar-refractivity contribution is 6.08. The molecular formula is C22H16FN3O3. The van der Waals surface area contributed by atoms with Gasteiger partial charge in [-0.2, -0.15) is 4.98 Å².